The van der Waals surface area contributed by atoms with Crippen LogP contribution in [0.5, 0.6) is 0 Å². The zero-order valence-corrected chi connectivity index (χ0v) is 7.07. The van der Waals surface area contributed by atoms with Gasteiger partial charge < -0.3 is 4.79 Å². The maximum Gasteiger partial charge on any atom is 0.159 e. The summed E-state index contributed by atoms with van der Waals surface area (Å²) in [5, 5.41) is 0. The van der Waals surface area contributed by atoms with Gasteiger partial charge in [-0.3, -0.25) is 0 Å². The predicted molar refractivity (Wildman–Crippen MR) is 41.2 cm³/mol. The van der Waals surface area contributed by atoms with Crippen molar-refractivity contribution in [2.75, 3.05) is 0 Å². The molecule has 0 radical (unpaired) electrons. The summed E-state index contributed by atoms with van der Waals surface area (Å²) in [6.45, 7) is 2.00. The number of hydrogen-bond acceptors (Lipinski definition) is 1. The first-order valence-corrected chi connectivity index (χ1v) is 3.39. The molecule has 60 valence electrons. The van der Waals surface area contributed by atoms with Crippen molar-refractivity contribution in [1.82, 2.24) is 0 Å². The highest BCUT2D eigenvalue weighted by Gasteiger charge is 1.98. The Morgan fingerprint density at radius 1 is 1.18 bits per heavy atom. The van der Waals surface area contributed by atoms with Gasteiger partial charge in [0.2, 0.25) is 0 Å². The molecule has 0 saturated heterocycles. The van der Waals surface area contributed by atoms with Crippen LogP contribution in [0.15, 0.2) is 22.7 Å². The van der Waals surface area contributed by atoms with E-state index in [2.05, 4.69) is 15.9 Å². The van der Waals surface area contributed by atoms with E-state index in [0.29, 0.717) is 4.47 Å². The molecule has 0 spiro atoms. The fourth-order valence-corrected chi connectivity index (χ4v) is 0.804. The average molecular weight is 223 g/mol. The molecule has 1 nitrogen and oxygen atoms in total. The summed E-state index contributed by atoms with van der Waals surface area (Å²) in [6.07, 6.45) is 0. The van der Waals surface area contributed by atoms with Crippen molar-refractivity contribution in [3.8, 4) is 0 Å². The molecule has 0 aliphatic rings. The zero-order chi connectivity index (χ0) is 8.85. The standard InChI is InChI=1S/C6H3BrF2.CH2O/c7-4-1-2-5(8)6(9)3-4;1-2/h1-3H;1H2. The van der Waals surface area contributed by atoms with Crippen molar-refractivity contribution < 1.29 is 13.6 Å². The van der Waals surface area contributed by atoms with Gasteiger partial charge in [0.1, 0.15) is 6.79 Å². The van der Waals surface area contributed by atoms with Crippen LogP contribution in [0.4, 0.5) is 8.78 Å². The Labute approximate surface area is 71.2 Å². The first kappa shape index (κ1) is 10.2. The molecular weight excluding hydrogens is 218 g/mol. The Morgan fingerprint density at radius 2 is 1.73 bits per heavy atom. The molecule has 0 bridgehead atoms. The van der Waals surface area contributed by atoms with Crippen LogP contribution in [0.25, 0.3) is 0 Å². The molecule has 1 rings (SSSR count). The molecule has 0 heterocycles. The first-order valence-electron chi connectivity index (χ1n) is 2.59. The number of carbonyl (C=O) groups is 1. The van der Waals surface area contributed by atoms with Crippen molar-refractivity contribution in [2.45, 2.75) is 0 Å². The van der Waals surface area contributed by atoms with E-state index in [0.717, 1.165) is 12.1 Å². The van der Waals surface area contributed by atoms with Crippen molar-refractivity contribution in [3.63, 3.8) is 0 Å². The van der Waals surface area contributed by atoms with Crippen LogP contribution in [-0.2, 0) is 4.79 Å². The first-order chi connectivity index (χ1) is 5.20. The lowest BCUT2D eigenvalue weighted by Crippen LogP contribution is -1.80. The molecule has 1 aromatic carbocycles. The third kappa shape index (κ3) is 3.23. The maximum absolute atomic E-state index is 12.2. The van der Waals surface area contributed by atoms with E-state index < -0.39 is 11.6 Å². The molecule has 0 N–H and O–H groups in total. The highest BCUT2D eigenvalue weighted by atomic mass is 79.9. The average Bonchev–Trinajstić information content (AvgIpc) is 2.02. The smallest absolute Gasteiger partial charge is 0.159 e. The molecule has 4 heteroatoms. The fourth-order valence-electron chi connectivity index (χ4n) is 0.470. The van der Waals surface area contributed by atoms with Crippen molar-refractivity contribution in [3.05, 3.63) is 34.3 Å². The van der Waals surface area contributed by atoms with Gasteiger partial charge in [-0.1, -0.05) is 15.9 Å². The van der Waals surface area contributed by atoms with Crippen LogP contribution >= 0.6 is 15.9 Å². The minimum absolute atomic E-state index is 0.543. The van der Waals surface area contributed by atoms with Crippen LogP contribution in [0.3, 0.4) is 0 Å². The SMILES string of the molecule is C=O.Fc1ccc(Br)cc1F. The zero-order valence-electron chi connectivity index (χ0n) is 5.48. The Morgan fingerprint density at radius 3 is 2.09 bits per heavy atom. The molecule has 0 aromatic heterocycles. The number of carbonyl (C=O) groups excluding carboxylic acids is 1. The van der Waals surface area contributed by atoms with Gasteiger partial charge in [0.25, 0.3) is 0 Å². The molecule has 0 aliphatic heterocycles. The third-order valence-corrected chi connectivity index (χ3v) is 1.37. The molecule has 0 amide bonds. The third-order valence-electron chi connectivity index (χ3n) is 0.882. The summed E-state index contributed by atoms with van der Waals surface area (Å²) in [4.78, 5) is 8.00. The molecule has 11 heavy (non-hydrogen) atoms. The molecule has 0 aliphatic carbocycles. The Bertz CT molecular complexity index is 240. The molecule has 0 unspecified atom stereocenters. The lowest BCUT2D eigenvalue weighted by Gasteiger charge is -1.90. The fraction of sp³-hybridized carbons (Fsp3) is 0. The number of benzene rings is 1. The summed E-state index contributed by atoms with van der Waals surface area (Å²) in [5.41, 5.74) is 0. The van der Waals surface area contributed by atoms with E-state index in [1.54, 1.807) is 0 Å². The summed E-state index contributed by atoms with van der Waals surface area (Å²) in [5.74, 6) is -1.65. The number of hydrogen-bond donors (Lipinski definition) is 0. The van der Waals surface area contributed by atoms with Crippen LogP contribution < -0.4 is 0 Å². The van der Waals surface area contributed by atoms with Crippen molar-refractivity contribution in [1.29, 1.82) is 0 Å². The quantitative estimate of drug-likeness (QED) is 0.617. The predicted octanol–water partition coefficient (Wildman–Crippen LogP) is 2.54. The molecule has 0 atom stereocenters. The summed E-state index contributed by atoms with van der Waals surface area (Å²) in [6, 6.07) is 3.59. The van der Waals surface area contributed by atoms with Gasteiger partial charge in [-0.25, -0.2) is 8.78 Å². The van der Waals surface area contributed by atoms with Gasteiger partial charge in [-0.15, -0.1) is 0 Å². The molecule has 0 fully saturated rings. The minimum atomic E-state index is -0.829. The minimum Gasteiger partial charge on any atom is -0.307 e. The van der Waals surface area contributed by atoms with Gasteiger partial charge in [0.15, 0.2) is 11.6 Å². The number of halogens is 3. The largest absolute Gasteiger partial charge is 0.307 e. The Kier molecular flexibility index (Phi) is 4.61. The Hall–Kier alpha value is -0.770. The van der Waals surface area contributed by atoms with E-state index in [1.807, 2.05) is 6.79 Å². The van der Waals surface area contributed by atoms with Crippen molar-refractivity contribution >= 4 is 22.7 Å². The monoisotopic (exact) mass is 222 g/mol. The number of rotatable bonds is 0. The second kappa shape index (κ2) is 4.96. The summed E-state index contributed by atoms with van der Waals surface area (Å²) >= 11 is 2.99. The van der Waals surface area contributed by atoms with Gasteiger partial charge in [0.05, 0.1) is 0 Å². The van der Waals surface area contributed by atoms with Gasteiger partial charge in [-0.05, 0) is 18.2 Å². The van der Waals surface area contributed by atoms with Gasteiger partial charge in [0, 0.05) is 4.47 Å². The van der Waals surface area contributed by atoms with Gasteiger partial charge >= 0.3 is 0 Å². The van der Waals surface area contributed by atoms with E-state index >= 15 is 0 Å². The normalized spacial score (nSPS) is 8.27. The second-order valence-corrected chi connectivity index (χ2v) is 2.47. The van der Waals surface area contributed by atoms with Crippen LogP contribution in [0.1, 0.15) is 0 Å². The maximum atomic E-state index is 12.2. The van der Waals surface area contributed by atoms with E-state index in [1.165, 1.54) is 6.07 Å². The highest BCUT2D eigenvalue weighted by molar-refractivity contribution is 9.10. The summed E-state index contributed by atoms with van der Waals surface area (Å²) < 4.78 is 24.8. The lowest BCUT2D eigenvalue weighted by atomic mass is 10.3. The van der Waals surface area contributed by atoms with E-state index in [4.69, 9.17) is 4.79 Å². The van der Waals surface area contributed by atoms with E-state index in [9.17, 15) is 8.78 Å². The summed E-state index contributed by atoms with van der Waals surface area (Å²) in [7, 11) is 0. The molecular formula is C7H5BrF2O. The van der Waals surface area contributed by atoms with Crippen LogP contribution in [0, 0.1) is 11.6 Å². The van der Waals surface area contributed by atoms with Crippen molar-refractivity contribution in [2.24, 2.45) is 0 Å². The lowest BCUT2D eigenvalue weighted by molar-refractivity contribution is -0.0979. The second-order valence-electron chi connectivity index (χ2n) is 1.56. The molecule has 0 saturated carbocycles. The highest BCUT2D eigenvalue weighted by Crippen LogP contribution is 2.13. The van der Waals surface area contributed by atoms with Crippen LogP contribution in [0.2, 0.25) is 0 Å². The van der Waals surface area contributed by atoms with E-state index in [-0.39, 0.29) is 0 Å². The van der Waals surface area contributed by atoms with Crippen LogP contribution in [-0.4, -0.2) is 6.79 Å². The van der Waals surface area contributed by atoms with Gasteiger partial charge in [-0.2, -0.15) is 0 Å². The Balaban J connectivity index is 0.000000461. The molecule has 1 aromatic rings. The topological polar surface area (TPSA) is 17.1 Å².